The molecular formula is C70H52BN5S3. The Hall–Kier alpha value is -8.44. The molecule has 0 N–H and O–H groups in total. The number of rotatable bonds is 7. The van der Waals surface area contributed by atoms with Crippen LogP contribution in [0.4, 0.5) is 34.1 Å². The van der Waals surface area contributed by atoms with Crippen LogP contribution in [0.1, 0.15) is 70.7 Å². The zero-order valence-corrected chi connectivity index (χ0v) is 46.7. The first kappa shape index (κ1) is 43.5. The van der Waals surface area contributed by atoms with Gasteiger partial charge in [0.25, 0.3) is 0 Å². The minimum absolute atomic E-state index is 0.0104. The van der Waals surface area contributed by atoms with E-state index < -0.39 is 18.1 Å². The van der Waals surface area contributed by atoms with Crippen LogP contribution in [-0.2, 0) is 10.8 Å². The molecule has 4 heterocycles. The Balaban J connectivity index is 1.06. The van der Waals surface area contributed by atoms with Gasteiger partial charge in [0.1, 0.15) is 0 Å². The van der Waals surface area contributed by atoms with Crippen molar-refractivity contribution in [2.24, 2.45) is 0 Å². The lowest BCUT2D eigenvalue weighted by atomic mass is 9.36. The Bertz CT molecular complexity index is 4760. The molecule has 79 heavy (non-hydrogen) atoms. The summed E-state index contributed by atoms with van der Waals surface area (Å²) < 4.78 is 49.5. The van der Waals surface area contributed by atoms with E-state index in [-0.39, 0.29) is 35.3 Å². The van der Waals surface area contributed by atoms with Crippen LogP contribution >= 0.6 is 34.9 Å². The Morgan fingerprint density at radius 1 is 0.494 bits per heavy atom. The summed E-state index contributed by atoms with van der Waals surface area (Å²) in [6.45, 7) is 13.4. The molecule has 0 bridgehead atoms. The van der Waals surface area contributed by atoms with E-state index in [2.05, 4.69) is 178 Å². The van der Waals surface area contributed by atoms with E-state index in [0.29, 0.717) is 22.5 Å². The van der Waals surface area contributed by atoms with E-state index in [9.17, 15) is 13.3 Å². The van der Waals surface area contributed by atoms with E-state index in [1.54, 1.807) is 40.9 Å². The molecule has 0 atom stereocenters. The summed E-state index contributed by atoms with van der Waals surface area (Å²) in [5, 5.41) is 24.5. The average molecular weight is 1080 g/mol. The number of nitrogens with zero attached hydrogens (tertiary/aromatic N) is 5. The zero-order chi connectivity index (χ0) is 58.2. The number of fused-ring (bicyclic) bond motifs is 11. The topological polar surface area (TPSA) is 59.0 Å². The van der Waals surface area contributed by atoms with Gasteiger partial charge in [-0.15, -0.1) is 11.3 Å². The predicted molar refractivity (Wildman–Crippen MR) is 336 cm³/mol. The first-order valence-corrected chi connectivity index (χ1v) is 28.8. The van der Waals surface area contributed by atoms with E-state index >= 15 is 0 Å². The molecule has 12 aromatic rings. The fourth-order valence-corrected chi connectivity index (χ4v) is 15.6. The van der Waals surface area contributed by atoms with Crippen molar-refractivity contribution >= 4 is 134 Å². The molecule has 0 fully saturated rings. The quantitative estimate of drug-likeness (QED) is 0.148. The highest BCUT2D eigenvalue weighted by atomic mass is 32.2. The van der Waals surface area contributed by atoms with Gasteiger partial charge in [-0.3, -0.25) is 0 Å². The highest BCUT2D eigenvalue weighted by molar-refractivity contribution is 8.01. The largest absolute Gasteiger partial charge is 0.310 e. The van der Waals surface area contributed by atoms with Gasteiger partial charge in [-0.25, -0.2) is 0 Å². The third kappa shape index (κ3) is 8.14. The van der Waals surface area contributed by atoms with E-state index in [1.165, 1.54) is 37.5 Å². The van der Waals surface area contributed by atoms with E-state index in [4.69, 9.17) is 4.11 Å². The number of hydrogen-bond acceptors (Lipinski definition) is 7. The molecule has 2 aromatic heterocycles. The maximum atomic E-state index is 9.95. The monoisotopic (exact) mass is 1070 g/mol. The van der Waals surface area contributed by atoms with E-state index in [1.807, 2.05) is 59.5 Å². The number of aromatic nitrogens is 1. The Labute approximate surface area is 481 Å². The van der Waals surface area contributed by atoms with Crippen LogP contribution in [0.3, 0.4) is 0 Å². The number of anilines is 6. The normalized spacial score (nSPS) is 13.7. The van der Waals surface area contributed by atoms with Crippen LogP contribution in [0.25, 0.3) is 47.7 Å². The molecule has 10 aromatic carbocycles. The fourth-order valence-electron chi connectivity index (χ4n) is 11.6. The molecular weight excluding hydrogens is 1020 g/mol. The molecule has 2 aliphatic rings. The molecule has 0 unspecified atom stereocenters. The van der Waals surface area contributed by atoms with Gasteiger partial charge in [0, 0.05) is 84.7 Å². The van der Waals surface area contributed by atoms with Gasteiger partial charge in [0.05, 0.1) is 46.8 Å². The number of hydrogen-bond donors (Lipinski definition) is 0. The highest BCUT2D eigenvalue weighted by Gasteiger charge is 2.42. The molecule has 14 rings (SSSR count). The van der Waals surface area contributed by atoms with Crippen LogP contribution in [0.5, 0.6) is 0 Å². The summed E-state index contributed by atoms with van der Waals surface area (Å²) in [5.41, 5.74) is 14.3. The minimum Gasteiger partial charge on any atom is -0.310 e. The molecule has 0 radical (unpaired) electrons. The van der Waals surface area contributed by atoms with Gasteiger partial charge in [0.15, 0.2) is 0 Å². The Kier molecular flexibility index (Phi) is 10.3. The third-order valence-corrected chi connectivity index (χ3v) is 19.0. The maximum absolute atomic E-state index is 9.95. The van der Waals surface area contributed by atoms with Crippen molar-refractivity contribution in [3.63, 3.8) is 0 Å². The van der Waals surface area contributed by atoms with Crippen LogP contribution in [0.15, 0.2) is 226 Å². The number of nitriles is 2. The third-order valence-electron chi connectivity index (χ3n) is 15.5. The van der Waals surface area contributed by atoms with Gasteiger partial charge < -0.3 is 14.4 Å². The highest BCUT2D eigenvalue weighted by Crippen LogP contribution is 2.51. The lowest BCUT2D eigenvalue weighted by Crippen LogP contribution is -2.58. The van der Waals surface area contributed by atoms with Crippen molar-refractivity contribution < 1.29 is 6.85 Å². The van der Waals surface area contributed by atoms with Crippen LogP contribution in [0, 0.1) is 22.7 Å². The lowest BCUT2D eigenvalue weighted by molar-refractivity contribution is 0.590. The van der Waals surface area contributed by atoms with Crippen molar-refractivity contribution in [2.45, 2.75) is 72.0 Å². The SMILES string of the molecule is [2H]c1c([2H])c([2H])c(N(c2ccc(C#N)cc2)c2ccc3c(c2)Sc2cc(-n4c5ccc(C(C)(C)C)cc5c5cc(C(C)(C)C)ccc54)cc4c2B3c2c(cc(N(c3ccccc3)c3ccc(C#N)cc3)c3c2sc2ccccc23)S4)c([2H])c1[2H]. The molecule has 2 aliphatic heterocycles. The molecule has 0 spiro atoms. The minimum atomic E-state index is -0.474. The van der Waals surface area contributed by atoms with Crippen molar-refractivity contribution in [2.75, 3.05) is 9.80 Å². The van der Waals surface area contributed by atoms with Crippen LogP contribution in [0.2, 0.25) is 0 Å². The van der Waals surface area contributed by atoms with E-state index in [0.717, 1.165) is 74.3 Å². The van der Waals surface area contributed by atoms with Crippen LogP contribution < -0.4 is 26.2 Å². The summed E-state index contributed by atoms with van der Waals surface area (Å²) in [6.07, 6.45) is 0. The smallest absolute Gasteiger partial charge is 0.248 e. The maximum Gasteiger partial charge on any atom is 0.248 e. The van der Waals surface area contributed by atoms with Crippen molar-refractivity contribution in [1.29, 1.82) is 10.5 Å². The van der Waals surface area contributed by atoms with Gasteiger partial charge in [-0.2, -0.15) is 10.5 Å². The fraction of sp³-hybridized carbons (Fsp3) is 0.114. The predicted octanol–water partition coefficient (Wildman–Crippen LogP) is 17.9. The van der Waals surface area contributed by atoms with Crippen LogP contribution in [-0.4, -0.2) is 11.3 Å². The standard InChI is InChI=1S/C70H52BN5S3/c1-69(2,3)45-25-33-57-54(35-45)55-36-46(70(4,5)6)26-34-58(55)76(57)52-38-62-66-63(39-52)78-64-40-59(75(48-17-11-8-12-18-48)50-29-23-44(42-73)24-30-50)65-53-19-13-14-20-60(53)79-68(65)67(64)71(66)56-32-31-51(37-61(56)77-62)74(47-15-9-7-10-16-47)49-27-21-43(41-72)22-28-49/h7-40H,1-6H3/i7D,9D,10D,15D,16D. The average Bonchev–Trinajstić information content (AvgIpc) is 1.37. The first-order valence-electron chi connectivity index (χ1n) is 28.9. The van der Waals surface area contributed by atoms with Crippen molar-refractivity contribution in [1.82, 2.24) is 4.57 Å². The second-order valence-electron chi connectivity index (χ2n) is 22.4. The molecule has 0 amide bonds. The van der Waals surface area contributed by atoms with Gasteiger partial charge in [0.2, 0.25) is 6.71 Å². The summed E-state index contributed by atoms with van der Waals surface area (Å²) in [4.78, 5) is 8.38. The summed E-state index contributed by atoms with van der Waals surface area (Å²) in [6, 6.07) is 63.7. The molecule has 9 heteroatoms. The first-order chi connectivity index (χ1) is 40.4. The summed E-state index contributed by atoms with van der Waals surface area (Å²) in [7, 11) is 0. The summed E-state index contributed by atoms with van der Waals surface area (Å²) >= 11 is 5.31. The van der Waals surface area contributed by atoms with Crippen molar-refractivity contribution in [3.05, 3.63) is 228 Å². The lowest BCUT2D eigenvalue weighted by Gasteiger charge is -2.36. The molecule has 0 aliphatic carbocycles. The van der Waals surface area contributed by atoms with Gasteiger partial charge in [-0.1, -0.05) is 143 Å². The van der Waals surface area contributed by atoms with Gasteiger partial charge in [-0.05, 0) is 166 Å². The zero-order valence-electron chi connectivity index (χ0n) is 49.3. The molecule has 0 saturated carbocycles. The number of para-hydroxylation sites is 2. The molecule has 0 saturated heterocycles. The second kappa shape index (κ2) is 18.6. The number of thiophene rings is 1. The Morgan fingerprint density at radius 3 is 1.65 bits per heavy atom. The second-order valence-corrected chi connectivity index (χ2v) is 25.6. The molecule has 5 nitrogen and oxygen atoms in total. The summed E-state index contributed by atoms with van der Waals surface area (Å²) in [5.74, 6) is 0. The Morgan fingerprint density at radius 2 is 1.04 bits per heavy atom. The molecule has 378 valence electrons. The number of benzene rings is 10. The van der Waals surface area contributed by atoms with Crippen molar-refractivity contribution in [3.8, 4) is 17.8 Å². The van der Waals surface area contributed by atoms with Gasteiger partial charge >= 0.3 is 0 Å².